The molecule has 8 heteroatoms. The third kappa shape index (κ3) is 3.85. The number of rotatable bonds is 5. The lowest BCUT2D eigenvalue weighted by molar-refractivity contribution is 0.0764. The number of carbonyl (C=O) groups excluding carboxylic acids is 1. The topological polar surface area (TPSA) is 80.5 Å². The Morgan fingerprint density at radius 1 is 1.30 bits per heavy atom. The Balaban J connectivity index is 3.39. The van der Waals surface area contributed by atoms with Crippen molar-refractivity contribution in [2.45, 2.75) is 25.2 Å². The fraction of sp³-hybridized carbons (Fsp3) is 0.417. The van der Waals surface area contributed by atoms with Crippen molar-refractivity contribution in [2.75, 3.05) is 13.1 Å². The van der Waals surface area contributed by atoms with Gasteiger partial charge in [0.1, 0.15) is 4.90 Å². The van der Waals surface area contributed by atoms with E-state index in [2.05, 4.69) is 0 Å². The summed E-state index contributed by atoms with van der Waals surface area (Å²) in [6.45, 7) is 4.79. The number of carbonyl (C=O) groups is 1. The summed E-state index contributed by atoms with van der Waals surface area (Å²) in [6.07, 6.45) is 0.778. The molecule has 0 atom stereocenters. The van der Waals surface area contributed by atoms with Gasteiger partial charge in [-0.25, -0.2) is 13.6 Å². The highest BCUT2D eigenvalue weighted by molar-refractivity contribution is 7.89. The van der Waals surface area contributed by atoms with E-state index < -0.39 is 10.0 Å². The molecule has 0 fully saturated rings. The van der Waals surface area contributed by atoms with Crippen LogP contribution in [0.1, 0.15) is 30.6 Å². The Kier molecular flexibility index (Phi) is 5.82. The molecule has 2 N–H and O–H groups in total. The first-order valence-electron chi connectivity index (χ1n) is 6.03. The highest BCUT2D eigenvalue weighted by Gasteiger charge is 2.23. The molecule has 0 spiro atoms. The van der Waals surface area contributed by atoms with E-state index in [-0.39, 0.29) is 26.4 Å². The van der Waals surface area contributed by atoms with Gasteiger partial charge in [0.05, 0.1) is 10.6 Å². The number of amides is 1. The van der Waals surface area contributed by atoms with Crippen molar-refractivity contribution < 1.29 is 13.2 Å². The minimum atomic E-state index is -4.04. The first kappa shape index (κ1) is 17.2. The third-order valence-electron chi connectivity index (χ3n) is 2.70. The van der Waals surface area contributed by atoms with Crippen molar-refractivity contribution in [3.63, 3.8) is 0 Å². The van der Waals surface area contributed by atoms with Gasteiger partial charge < -0.3 is 4.90 Å². The molecule has 0 aliphatic rings. The lowest BCUT2D eigenvalue weighted by Crippen LogP contribution is -2.32. The van der Waals surface area contributed by atoms with Gasteiger partial charge in [-0.15, -0.1) is 0 Å². The zero-order valence-electron chi connectivity index (χ0n) is 11.2. The molecule has 1 rings (SSSR count). The van der Waals surface area contributed by atoms with Crippen molar-refractivity contribution in [3.05, 3.63) is 27.7 Å². The number of primary sulfonamides is 1. The summed E-state index contributed by atoms with van der Waals surface area (Å²) < 4.78 is 22.9. The van der Waals surface area contributed by atoms with Crippen LogP contribution in [0.15, 0.2) is 17.0 Å². The molecular formula is C12H16Cl2N2O3S. The summed E-state index contributed by atoms with van der Waals surface area (Å²) in [4.78, 5) is 13.6. The first-order chi connectivity index (χ1) is 9.22. The maximum Gasteiger partial charge on any atom is 0.255 e. The smallest absolute Gasteiger partial charge is 0.255 e. The standard InChI is InChI=1S/C12H16Cl2N2O3S/c1-3-5-16(4-2)12(17)9-6-8(13)7-10(11(9)14)20(15,18)19/h6-7H,3-5H2,1-2H3,(H2,15,18,19). The molecule has 0 heterocycles. The molecule has 5 nitrogen and oxygen atoms in total. The van der Waals surface area contributed by atoms with Crippen LogP contribution >= 0.6 is 23.2 Å². The van der Waals surface area contributed by atoms with Crippen molar-refractivity contribution >= 4 is 39.1 Å². The predicted molar refractivity (Wildman–Crippen MR) is 79.7 cm³/mol. The number of hydrogen-bond acceptors (Lipinski definition) is 3. The molecule has 20 heavy (non-hydrogen) atoms. The van der Waals surface area contributed by atoms with E-state index in [1.54, 1.807) is 4.90 Å². The molecule has 0 radical (unpaired) electrons. The van der Waals surface area contributed by atoms with Crippen LogP contribution < -0.4 is 5.14 Å². The van der Waals surface area contributed by atoms with Crippen LogP contribution in [0.25, 0.3) is 0 Å². The molecule has 0 unspecified atom stereocenters. The Bertz CT molecular complexity index is 617. The van der Waals surface area contributed by atoms with Crippen LogP contribution in [0.5, 0.6) is 0 Å². The number of hydrogen-bond donors (Lipinski definition) is 1. The largest absolute Gasteiger partial charge is 0.339 e. The van der Waals surface area contributed by atoms with Gasteiger partial charge in [0, 0.05) is 18.1 Å². The molecular weight excluding hydrogens is 323 g/mol. The Labute approximate surface area is 128 Å². The second-order valence-corrected chi connectivity index (χ2v) is 6.54. The van der Waals surface area contributed by atoms with Crippen LogP contribution in [0.3, 0.4) is 0 Å². The number of nitrogens with zero attached hydrogens (tertiary/aromatic N) is 1. The summed E-state index contributed by atoms with van der Waals surface area (Å²) in [5.74, 6) is -0.369. The van der Waals surface area contributed by atoms with Crippen molar-refractivity contribution in [1.29, 1.82) is 0 Å². The molecule has 1 aromatic carbocycles. The summed E-state index contributed by atoms with van der Waals surface area (Å²) >= 11 is 11.8. The van der Waals surface area contributed by atoms with E-state index in [9.17, 15) is 13.2 Å². The molecule has 1 aromatic rings. The summed E-state index contributed by atoms with van der Waals surface area (Å²) in [6, 6.07) is 2.48. The van der Waals surface area contributed by atoms with Gasteiger partial charge >= 0.3 is 0 Å². The minimum absolute atomic E-state index is 0.0403. The number of sulfonamides is 1. The van der Waals surface area contributed by atoms with Crippen molar-refractivity contribution in [2.24, 2.45) is 5.14 Å². The maximum absolute atomic E-state index is 12.4. The van der Waals surface area contributed by atoms with Crippen molar-refractivity contribution in [3.8, 4) is 0 Å². The van der Waals surface area contributed by atoms with E-state index in [0.717, 1.165) is 12.5 Å². The fourth-order valence-electron chi connectivity index (χ4n) is 1.77. The molecule has 1 amide bonds. The Morgan fingerprint density at radius 2 is 1.90 bits per heavy atom. The third-order valence-corrected chi connectivity index (χ3v) is 4.38. The highest BCUT2D eigenvalue weighted by atomic mass is 35.5. The minimum Gasteiger partial charge on any atom is -0.339 e. The predicted octanol–water partition coefficient (Wildman–Crippen LogP) is 2.51. The maximum atomic E-state index is 12.4. The zero-order chi connectivity index (χ0) is 15.5. The first-order valence-corrected chi connectivity index (χ1v) is 8.33. The quantitative estimate of drug-likeness (QED) is 0.895. The molecule has 0 aliphatic carbocycles. The van der Waals surface area contributed by atoms with Crippen LogP contribution in [0.4, 0.5) is 0 Å². The van der Waals surface area contributed by atoms with Gasteiger partial charge in [0.2, 0.25) is 10.0 Å². The van der Waals surface area contributed by atoms with Gasteiger partial charge in [-0.05, 0) is 25.5 Å². The number of benzene rings is 1. The average Bonchev–Trinajstić information content (AvgIpc) is 2.36. The van der Waals surface area contributed by atoms with E-state index in [1.165, 1.54) is 6.07 Å². The van der Waals surface area contributed by atoms with Gasteiger partial charge in [-0.2, -0.15) is 0 Å². The summed E-state index contributed by atoms with van der Waals surface area (Å²) in [7, 11) is -4.04. The lowest BCUT2D eigenvalue weighted by Gasteiger charge is -2.21. The Hall–Kier alpha value is -0.820. The summed E-state index contributed by atoms with van der Waals surface area (Å²) in [5, 5.41) is 4.96. The van der Waals surface area contributed by atoms with E-state index in [4.69, 9.17) is 28.3 Å². The average molecular weight is 339 g/mol. The van der Waals surface area contributed by atoms with E-state index in [0.29, 0.717) is 13.1 Å². The molecule has 0 bridgehead atoms. The van der Waals surface area contributed by atoms with Gasteiger partial charge in [0.25, 0.3) is 5.91 Å². The van der Waals surface area contributed by atoms with Gasteiger partial charge in [0.15, 0.2) is 0 Å². The molecule has 0 saturated heterocycles. The SMILES string of the molecule is CCCN(CC)C(=O)c1cc(Cl)cc(S(N)(=O)=O)c1Cl. The monoisotopic (exact) mass is 338 g/mol. The highest BCUT2D eigenvalue weighted by Crippen LogP contribution is 2.29. The second kappa shape index (κ2) is 6.76. The van der Waals surface area contributed by atoms with Crippen LogP contribution in [-0.2, 0) is 10.0 Å². The molecule has 0 aromatic heterocycles. The molecule has 0 saturated carbocycles. The van der Waals surface area contributed by atoms with E-state index in [1.807, 2.05) is 13.8 Å². The number of nitrogens with two attached hydrogens (primary N) is 1. The summed E-state index contributed by atoms with van der Waals surface area (Å²) in [5.41, 5.74) is 0.0403. The van der Waals surface area contributed by atoms with Crippen molar-refractivity contribution in [1.82, 2.24) is 4.90 Å². The van der Waals surface area contributed by atoms with Crippen LogP contribution in [0, 0.1) is 0 Å². The fourth-order valence-corrected chi connectivity index (χ4v) is 3.22. The van der Waals surface area contributed by atoms with Gasteiger partial charge in [-0.1, -0.05) is 30.1 Å². The number of halogens is 2. The lowest BCUT2D eigenvalue weighted by atomic mass is 10.2. The molecule has 112 valence electrons. The zero-order valence-corrected chi connectivity index (χ0v) is 13.5. The molecule has 0 aliphatic heterocycles. The van der Waals surface area contributed by atoms with Gasteiger partial charge in [-0.3, -0.25) is 4.79 Å². The van der Waals surface area contributed by atoms with E-state index >= 15 is 0 Å². The Morgan fingerprint density at radius 3 is 2.35 bits per heavy atom. The second-order valence-electron chi connectivity index (χ2n) is 4.20. The van der Waals surface area contributed by atoms with Crippen LogP contribution in [-0.4, -0.2) is 32.3 Å². The van der Waals surface area contributed by atoms with Crippen LogP contribution in [0.2, 0.25) is 10.0 Å². The normalized spacial score (nSPS) is 11.4.